The van der Waals surface area contributed by atoms with Crippen LogP contribution in [0.4, 0.5) is 0 Å². The van der Waals surface area contributed by atoms with E-state index in [1.807, 2.05) is 0 Å². The average Bonchev–Trinajstić information content (AvgIpc) is 2.54. The first-order chi connectivity index (χ1) is 7.79. The van der Waals surface area contributed by atoms with E-state index >= 15 is 0 Å². The molecule has 1 aliphatic heterocycles. The first-order valence-corrected chi connectivity index (χ1v) is 6.18. The molecule has 1 atom stereocenters. The number of carbonyl (C=O) groups is 2. The third kappa shape index (κ3) is 2.61. The zero-order chi connectivity index (χ0) is 11.4. The lowest BCUT2D eigenvalue weighted by atomic mass is 9.97. The molecule has 1 amide bonds. The van der Waals surface area contributed by atoms with Gasteiger partial charge in [0.2, 0.25) is 5.91 Å². The van der Waals surface area contributed by atoms with Gasteiger partial charge in [-0.3, -0.25) is 9.59 Å². The summed E-state index contributed by atoms with van der Waals surface area (Å²) in [4.78, 5) is 25.8. The highest BCUT2D eigenvalue weighted by molar-refractivity contribution is 6.01. The van der Waals surface area contributed by atoms with E-state index in [4.69, 9.17) is 4.74 Å². The van der Waals surface area contributed by atoms with E-state index in [1.165, 1.54) is 0 Å². The Morgan fingerprint density at radius 3 is 2.69 bits per heavy atom. The van der Waals surface area contributed by atoms with Crippen molar-refractivity contribution in [3.05, 3.63) is 0 Å². The van der Waals surface area contributed by atoms with E-state index in [2.05, 4.69) is 0 Å². The minimum Gasteiger partial charge on any atom is -0.378 e. The molecule has 0 N–H and O–H groups in total. The normalized spacial score (nSPS) is 27.6. The number of ether oxygens (including phenoxy) is 1. The number of hydrogen-bond donors (Lipinski definition) is 0. The molecule has 0 spiro atoms. The Kier molecular flexibility index (Phi) is 3.93. The molecule has 1 saturated heterocycles. The second-order valence-electron chi connectivity index (χ2n) is 4.56. The van der Waals surface area contributed by atoms with Crippen molar-refractivity contribution in [2.24, 2.45) is 5.92 Å². The number of morpholine rings is 1. The van der Waals surface area contributed by atoms with Crippen LogP contribution >= 0.6 is 0 Å². The summed E-state index contributed by atoms with van der Waals surface area (Å²) in [6.45, 7) is 2.49. The Morgan fingerprint density at radius 1 is 1.19 bits per heavy atom. The summed E-state index contributed by atoms with van der Waals surface area (Å²) in [5.41, 5.74) is 0. The fourth-order valence-electron chi connectivity index (χ4n) is 2.43. The van der Waals surface area contributed by atoms with Crippen molar-refractivity contribution in [2.75, 3.05) is 26.3 Å². The highest BCUT2D eigenvalue weighted by Crippen LogP contribution is 2.22. The van der Waals surface area contributed by atoms with Crippen molar-refractivity contribution in [1.29, 1.82) is 0 Å². The van der Waals surface area contributed by atoms with Gasteiger partial charge in [0.1, 0.15) is 5.78 Å². The summed E-state index contributed by atoms with van der Waals surface area (Å²) in [6.07, 6.45) is 4.37. The van der Waals surface area contributed by atoms with E-state index < -0.39 is 0 Å². The van der Waals surface area contributed by atoms with Gasteiger partial charge in [-0.1, -0.05) is 12.8 Å². The fourth-order valence-corrected chi connectivity index (χ4v) is 2.43. The predicted octanol–water partition coefficient (Wildman–Crippen LogP) is 0.995. The predicted molar refractivity (Wildman–Crippen MR) is 59.0 cm³/mol. The van der Waals surface area contributed by atoms with Crippen molar-refractivity contribution < 1.29 is 14.3 Å². The molecule has 1 saturated carbocycles. The quantitative estimate of drug-likeness (QED) is 0.494. The van der Waals surface area contributed by atoms with Gasteiger partial charge in [-0.15, -0.1) is 0 Å². The Hall–Kier alpha value is -0.900. The minimum absolute atomic E-state index is 0.0372. The molecule has 2 fully saturated rings. The summed E-state index contributed by atoms with van der Waals surface area (Å²) in [5.74, 6) is -0.176. The van der Waals surface area contributed by atoms with Gasteiger partial charge in [0.05, 0.1) is 19.1 Å². The molecule has 0 aromatic rings. The molecule has 1 heterocycles. The standard InChI is InChI=1S/C12H19NO3/c14-11-5-3-1-2-4-10(11)12(15)13-6-8-16-9-7-13/h10H,1-9H2. The minimum atomic E-state index is -0.361. The molecule has 1 unspecified atom stereocenters. The maximum atomic E-state index is 12.2. The van der Waals surface area contributed by atoms with E-state index in [9.17, 15) is 9.59 Å². The second-order valence-corrected chi connectivity index (χ2v) is 4.56. The maximum Gasteiger partial charge on any atom is 0.233 e. The van der Waals surface area contributed by atoms with Gasteiger partial charge < -0.3 is 9.64 Å². The van der Waals surface area contributed by atoms with E-state index in [1.54, 1.807) is 4.90 Å². The number of hydrogen-bond acceptors (Lipinski definition) is 3. The molecule has 90 valence electrons. The zero-order valence-corrected chi connectivity index (χ0v) is 9.61. The Balaban J connectivity index is 1.98. The summed E-state index contributed by atoms with van der Waals surface area (Å²) in [7, 11) is 0. The summed E-state index contributed by atoms with van der Waals surface area (Å²) in [6, 6.07) is 0. The third-order valence-electron chi connectivity index (χ3n) is 3.43. The smallest absolute Gasteiger partial charge is 0.233 e. The number of ketones is 1. The van der Waals surface area contributed by atoms with Gasteiger partial charge in [0.15, 0.2) is 0 Å². The molecule has 0 bridgehead atoms. The highest BCUT2D eigenvalue weighted by atomic mass is 16.5. The van der Waals surface area contributed by atoms with Gasteiger partial charge in [-0.2, -0.15) is 0 Å². The van der Waals surface area contributed by atoms with Crippen LogP contribution in [0.3, 0.4) is 0 Å². The SMILES string of the molecule is O=C1CCCCCC1C(=O)N1CCOCC1. The molecule has 0 radical (unpaired) electrons. The van der Waals surface area contributed by atoms with Crippen molar-refractivity contribution in [3.63, 3.8) is 0 Å². The van der Waals surface area contributed by atoms with E-state index in [-0.39, 0.29) is 17.6 Å². The topological polar surface area (TPSA) is 46.6 Å². The van der Waals surface area contributed by atoms with E-state index in [0.29, 0.717) is 32.7 Å². The number of rotatable bonds is 1. The van der Waals surface area contributed by atoms with Gasteiger partial charge in [-0.05, 0) is 12.8 Å². The monoisotopic (exact) mass is 225 g/mol. The van der Waals surface area contributed by atoms with Crippen LogP contribution in [-0.2, 0) is 14.3 Å². The summed E-state index contributed by atoms with van der Waals surface area (Å²) in [5, 5.41) is 0. The number of nitrogens with zero attached hydrogens (tertiary/aromatic N) is 1. The Morgan fingerprint density at radius 2 is 1.94 bits per heavy atom. The van der Waals surface area contributed by atoms with Crippen molar-refractivity contribution in [3.8, 4) is 0 Å². The van der Waals surface area contributed by atoms with Crippen LogP contribution in [0.25, 0.3) is 0 Å². The van der Waals surface area contributed by atoms with Crippen LogP contribution < -0.4 is 0 Å². The van der Waals surface area contributed by atoms with Crippen LogP contribution in [0.15, 0.2) is 0 Å². The molecular weight excluding hydrogens is 206 g/mol. The maximum absolute atomic E-state index is 12.2. The van der Waals surface area contributed by atoms with Crippen molar-refractivity contribution in [1.82, 2.24) is 4.90 Å². The van der Waals surface area contributed by atoms with Crippen LogP contribution in [0.5, 0.6) is 0 Å². The van der Waals surface area contributed by atoms with Gasteiger partial charge in [-0.25, -0.2) is 0 Å². The van der Waals surface area contributed by atoms with Crippen molar-refractivity contribution in [2.45, 2.75) is 32.1 Å². The molecule has 4 heteroatoms. The fraction of sp³-hybridized carbons (Fsp3) is 0.833. The first-order valence-electron chi connectivity index (χ1n) is 6.18. The first kappa shape index (κ1) is 11.6. The Bertz CT molecular complexity index is 271. The highest BCUT2D eigenvalue weighted by Gasteiger charge is 2.31. The molecule has 0 aromatic carbocycles. The summed E-state index contributed by atoms with van der Waals surface area (Å²) >= 11 is 0. The number of amides is 1. The lowest BCUT2D eigenvalue weighted by Gasteiger charge is -2.29. The molecule has 1 aliphatic carbocycles. The molecule has 2 aliphatic rings. The van der Waals surface area contributed by atoms with Crippen molar-refractivity contribution >= 4 is 11.7 Å². The van der Waals surface area contributed by atoms with Crippen LogP contribution in [0, 0.1) is 5.92 Å². The van der Waals surface area contributed by atoms with Gasteiger partial charge in [0.25, 0.3) is 0 Å². The largest absolute Gasteiger partial charge is 0.378 e. The van der Waals surface area contributed by atoms with Crippen LogP contribution in [0.1, 0.15) is 32.1 Å². The number of Topliss-reactive ketones (excluding diaryl/α,β-unsaturated/α-hetero) is 1. The average molecular weight is 225 g/mol. The van der Waals surface area contributed by atoms with E-state index in [0.717, 1.165) is 25.7 Å². The van der Waals surface area contributed by atoms with Crippen LogP contribution in [-0.4, -0.2) is 42.9 Å². The molecule has 4 nitrogen and oxygen atoms in total. The lowest BCUT2D eigenvalue weighted by molar-refractivity contribution is -0.144. The third-order valence-corrected chi connectivity index (χ3v) is 3.43. The Labute approximate surface area is 95.9 Å². The molecular formula is C12H19NO3. The van der Waals surface area contributed by atoms with Gasteiger partial charge >= 0.3 is 0 Å². The van der Waals surface area contributed by atoms with Crippen LogP contribution in [0.2, 0.25) is 0 Å². The second kappa shape index (κ2) is 5.43. The number of carbonyl (C=O) groups excluding carboxylic acids is 2. The van der Waals surface area contributed by atoms with Gasteiger partial charge in [0, 0.05) is 19.5 Å². The molecule has 16 heavy (non-hydrogen) atoms. The lowest BCUT2D eigenvalue weighted by Crippen LogP contribution is -2.45. The molecule has 2 rings (SSSR count). The molecule has 0 aromatic heterocycles. The zero-order valence-electron chi connectivity index (χ0n) is 9.61. The summed E-state index contributed by atoms with van der Waals surface area (Å²) < 4.78 is 5.21.